The van der Waals surface area contributed by atoms with Crippen molar-refractivity contribution in [3.8, 4) is 0 Å². The van der Waals surface area contributed by atoms with E-state index in [0.717, 1.165) is 18.4 Å². The van der Waals surface area contributed by atoms with Gasteiger partial charge in [0.15, 0.2) is 6.04 Å². The first-order chi connectivity index (χ1) is 16.2. The van der Waals surface area contributed by atoms with Gasteiger partial charge in [-0.2, -0.15) is 9.63 Å². The highest BCUT2D eigenvalue weighted by Gasteiger charge is 2.55. The Morgan fingerprint density at radius 3 is 2.35 bits per heavy atom. The van der Waals surface area contributed by atoms with E-state index in [1.54, 1.807) is 0 Å². The Balaban J connectivity index is 1.60. The number of hydroxylamine groups is 3. The first kappa shape index (κ1) is 26.6. The van der Waals surface area contributed by atoms with Gasteiger partial charge in [-0.05, 0) is 52.0 Å². The molecule has 2 aliphatic rings. The van der Waals surface area contributed by atoms with Gasteiger partial charge in [0.2, 0.25) is 0 Å². The molecule has 1 saturated carbocycles. The minimum Gasteiger partial charge on any atom is -0.469 e. The lowest BCUT2D eigenvalue weighted by Crippen LogP contribution is -2.60. The predicted molar refractivity (Wildman–Crippen MR) is 125 cm³/mol. The summed E-state index contributed by atoms with van der Waals surface area (Å²) in [7, 11) is 1.42. The van der Waals surface area contributed by atoms with Gasteiger partial charge in [0.25, 0.3) is 0 Å². The zero-order valence-corrected chi connectivity index (χ0v) is 21.0. The van der Waals surface area contributed by atoms with Crippen LogP contribution in [0.4, 0.5) is 4.79 Å². The number of esters is 1. The number of nitrogens with zero attached hydrogens (tertiary/aromatic N) is 1. The van der Waals surface area contributed by atoms with Crippen molar-refractivity contribution in [2.24, 2.45) is 5.92 Å². The highest BCUT2D eigenvalue weighted by atomic mass is 16.8. The van der Waals surface area contributed by atoms with E-state index in [2.05, 4.69) is 0 Å². The Bertz CT molecular complexity index is 786. The summed E-state index contributed by atoms with van der Waals surface area (Å²) in [6, 6.07) is 9.75. The number of rotatable bonds is 9. The summed E-state index contributed by atoms with van der Waals surface area (Å²) in [5, 5.41) is 0. The van der Waals surface area contributed by atoms with E-state index in [1.807, 2.05) is 51.1 Å². The number of hydrogen-bond donors (Lipinski definition) is 0. The van der Waals surface area contributed by atoms with Crippen molar-refractivity contribution in [2.45, 2.75) is 83.6 Å². The first-order valence-electron chi connectivity index (χ1n) is 12.3. The number of ether oxygens (including phenoxy) is 4. The summed E-state index contributed by atoms with van der Waals surface area (Å²) in [6.07, 6.45) is 3.94. The molecule has 2 atom stereocenters. The average Bonchev–Trinajstić information content (AvgIpc) is 3.22. The highest BCUT2D eigenvalue weighted by Crippen LogP contribution is 2.36. The molecule has 8 nitrogen and oxygen atoms in total. The summed E-state index contributed by atoms with van der Waals surface area (Å²) in [6.45, 7) is 7.09. The van der Waals surface area contributed by atoms with E-state index in [0.29, 0.717) is 45.4 Å². The third-order valence-corrected chi connectivity index (χ3v) is 6.45. The maximum absolute atomic E-state index is 13.4. The summed E-state index contributed by atoms with van der Waals surface area (Å²) in [4.78, 5) is 31.9. The second-order valence-electron chi connectivity index (χ2n) is 10.2. The zero-order chi connectivity index (χ0) is 24.6. The van der Waals surface area contributed by atoms with Crippen molar-refractivity contribution < 1.29 is 38.0 Å². The summed E-state index contributed by atoms with van der Waals surface area (Å²) in [5.41, 5.74) is 0.456. The molecule has 2 unspecified atom stereocenters. The molecule has 2 fully saturated rings. The third-order valence-electron chi connectivity index (χ3n) is 6.45. The number of carbonyl (C=O) groups excluding carboxylic acids is 2. The number of hydrogen-bond acceptors (Lipinski definition) is 7. The molecule has 1 aromatic carbocycles. The molecule has 0 N–H and O–H groups in total. The topological polar surface area (TPSA) is 80.3 Å². The molecule has 190 valence electrons. The molecule has 0 radical (unpaired) electrons. The lowest BCUT2D eigenvalue weighted by atomic mass is 9.87. The van der Waals surface area contributed by atoms with E-state index >= 15 is 0 Å². The SMILES string of the molecule is COC(=O)C1CCC(O[N+]2(C(=O)OC(C)(C)C)CCCC2COCOCc2ccccc2)CC1. The molecule has 1 aliphatic carbocycles. The standard InChI is InChI=1S/C26H40NO7/c1-26(2,3)33-25(29)27(34-23-14-12-21(13-15-23)24(28)30-4)16-8-11-22(27)18-32-19-31-17-20-9-6-5-7-10-20/h5-7,9-10,21-23H,8,11-19H2,1-4H3/q+1. The van der Waals surface area contributed by atoms with Gasteiger partial charge in [0.1, 0.15) is 31.6 Å². The molecule has 1 aliphatic heterocycles. The minimum atomic E-state index is -0.624. The third kappa shape index (κ3) is 7.25. The van der Waals surface area contributed by atoms with Crippen LogP contribution in [0.15, 0.2) is 30.3 Å². The Morgan fingerprint density at radius 1 is 1.00 bits per heavy atom. The molecule has 1 heterocycles. The molecule has 34 heavy (non-hydrogen) atoms. The van der Waals surface area contributed by atoms with Crippen molar-refractivity contribution >= 4 is 12.1 Å². The van der Waals surface area contributed by atoms with Gasteiger partial charge in [-0.25, -0.2) is 0 Å². The van der Waals surface area contributed by atoms with Crippen molar-refractivity contribution in [2.75, 3.05) is 27.1 Å². The van der Waals surface area contributed by atoms with Crippen molar-refractivity contribution in [3.05, 3.63) is 35.9 Å². The number of methoxy groups -OCH3 is 1. The molecular formula is C26H40NO7+. The van der Waals surface area contributed by atoms with Crippen LogP contribution in [0.2, 0.25) is 0 Å². The van der Waals surface area contributed by atoms with E-state index < -0.39 is 5.60 Å². The fourth-order valence-electron chi connectivity index (χ4n) is 4.73. The fraction of sp³-hybridized carbons (Fsp3) is 0.692. The van der Waals surface area contributed by atoms with Crippen LogP contribution in [0.25, 0.3) is 0 Å². The largest absolute Gasteiger partial charge is 0.550 e. The maximum atomic E-state index is 13.4. The lowest BCUT2D eigenvalue weighted by Gasteiger charge is -2.38. The lowest BCUT2D eigenvalue weighted by molar-refractivity contribution is -1.06. The molecule has 8 heteroatoms. The highest BCUT2D eigenvalue weighted by molar-refractivity contribution is 5.72. The molecule has 0 bridgehead atoms. The Labute approximate surface area is 203 Å². The molecule has 0 aromatic heterocycles. The van der Waals surface area contributed by atoms with Gasteiger partial charge in [-0.3, -0.25) is 4.79 Å². The second-order valence-corrected chi connectivity index (χ2v) is 10.2. The number of amides is 1. The number of likely N-dealkylation sites (tertiary alicyclic amines) is 1. The zero-order valence-electron chi connectivity index (χ0n) is 21.0. The molecular weight excluding hydrogens is 438 g/mol. The van der Waals surface area contributed by atoms with Gasteiger partial charge in [0, 0.05) is 12.8 Å². The van der Waals surface area contributed by atoms with Gasteiger partial charge < -0.3 is 18.9 Å². The Hall–Kier alpha value is -2.00. The monoisotopic (exact) mass is 478 g/mol. The summed E-state index contributed by atoms with van der Waals surface area (Å²) >= 11 is 0. The van der Waals surface area contributed by atoms with Crippen molar-refractivity contribution in [1.29, 1.82) is 0 Å². The fourth-order valence-corrected chi connectivity index (χ4v) is 4.73. The normalized spacial score (nSPS) is 27.4. The van der Waals surface area contributed by atoms with Gasteiger partial charge in [0.05, 0.1) is 19.6 Å². The number of quaternary nitrogens is 1. The number of benzene rings is 1. The van der Waals surface area contributed by atoms with E-state index in [9.17, 15) is 9.59 Å². The first-order valence-corrected chi connectivity index (χ1v) is 12.3. The summed E-state index contributed by atoms with van der Waals surface area (Å²) in [5.74, 6) is -0.267. The van der Waals surface area contributed by atoms with Crippen LogP contribution in [-0.2, 0) is 35.2 Å². The average molecular weight is 479 g/mol. The second kappa shape index (κ2) is 12.1. The van der Waals surface area contributed by atoms with Crippen LogP contribution in [0.1, 0.15) is 64.9 Å². The van der Waals surface area contributed by atoms with Crippen LogP contribution in [0.5, 0.6) is 0 Å². The molecule has 3 rings (SSSR count). The quantitative estimate of drug-likeness (QED) is 0.219. The molecule has 0 spiro atoms. The smallest absolute Gasteiger partial charge is 0.469 e. The van der Waals surface area contributed by atoms with Crippen LogP contribution in [0.3, 0.4) is 0 Å². The Kier molecular flexibility index (Phi) is 9.47. The summed E-state index contributed by atoms with van der Waals surface area (Å²) < 4.78 is 22.0. The minimum absolute atomic E-state index is 0.0979. The van der Waals surface area contributed by atoms with E-state index in [-0.39, 0.29) is 41.6 Å². The van der Waals surface area contributed by atoms with Crippen molar-refractivity contribution in [3.63, 3.8) is 0 Å². The van der Waals surface area contributed by atoms with E-state index in [4.69, 9.17) is 23.8 Å². The molecule has 1 amide bonds. The Morgan fingerprint density at radius 2 is 1.71 bits per heavy atom. The predicted octanol–water partition coefficient (Wildman–Crippen LogP) is 4.76. The van der Waals surface area contributed by atoms with Gasteiger partial charge >= 0.3 is 12.1 Å². The van der Waals surface area contributed by atoms with Gasteiger partial charge in [-0.1, -0.05) is 35.0 Å². The van der Waals surface area contributed by atoms with Crippen molar-refractivity contribution in [1.82, 2.24) is 0 Å². The van der Waals surface area contributed by atoms with Crippen LogP contribution in [-0.4, -0.2) is 61.5 Å². The maximum Gasteiger partial charge on any atom is 0.550 e. The van der Waals surface area contributed by atoms with Gasteiger partial charge in [-0.15, -0.1) is 0 Å². The van der Waals surface area contributed by atoms with Crippen LogP contribution < -0.4 is 0 Å². The number of carbonyl (C=O) groups is 2. The van der Waals surface area contributed by atoms with Crippen LogP contribution in [0, 0.1) is 5.92 Å². The molecule has 1 aromatic rings. The van der Waals surface area contributed by atoms with E-state index in [1.165, 1.54) is 7.11 Å². The van der Waals surface area contributed by atoms with Crippen LogP contribution >= 0.6 is 0 Å². The molecule has 1 saturated heterocycles.